The smallest absolute Gasteiger partial charge is 0.352 e. The summed E-state index contributed by atoms with van der Waals surface area (Å²) in [5.74, 6) is 1.37. The maximum absolute atomic E-state index is 12.1. The molecule has 20 heavy (non-hydrogen) atoms. The predicted octanol–water partition coefficient (Wildman–Crippen LogP) is 1.84. The lowest BCUT2D eigenvalue weighted by atomic mass is 10.3. The number of methoxy groups -OCH3 is 1. The minimum absolute atomic E-state index is 0.166. The molecule has 0 aliphatic carbocycles. The van der Waals surface area contributed by atoms with Gasteiger partial charge in [-0.1, -0.05) is 0 Å². The Morgan fingerprint density at radius 3 is 3.05 bits per heavy atom. The van der Waals surface area contributed by atoms with Gasteiger partial charge < -0.3 is 14.4 Å². The van der Waals surface area contributed by atoms with Crippen molar-refractivity contribution < 1.29 is 19.0 Å². The summed E-state index contributed by atoms with van der Waals surface area (Å²) in [6.07, 6.45) is 1.46. The molecule has 0 bridgehead atoms. The molecule has 0 spiro atoms. The lowest BCUT2D eigenvalue weighted by Gasteiger charge is -2.14. The molecule has 0 N–H and O–H groups in total. The highest BCUT2D eigenvalue weighted by molar-refractivity contribution is 5.78. The molecule has 1 aromatic rings. The van der Waals surface area contributed by atoms with Gasteiger partial charge in [-0.05, 0) is 12.5 Å². The summed E-state index contributed by atoms with van der Waals surface area (Å²) in [4.78, 5) is 25.5. The molecule has 6 nitrogen and oxygen atoms in total. The zero-order chi connectivity index (χ0) is 14.1. The van der Waals surface area contributed by atoms with Crippen LogP contribution in [-0.2, 0) is 4.79 Å². The molecule has 2 aliphatic rings. The van der Waals surface area contributed by atoms with Gasteiger partial charge in [0.1, 0.15) is 5.75 Å². The van der Waals surface area contributed by atoms with E-state index in [1.807, 2.05) is 0 Å². The van der Waals surface area contributed by atoms with E-state index in [-0.39, 0.29) is 5.91 Å². The second-order valence-corrected chi connectivity index (χ2v) is 5.00. The minimum atomic E-state index is -0.564. The molecule has 0 aromatic heterocycles. The van der Waals surface area contributed by atoms with Crippen LogP contribution in [0.1, 0.15) is 19.3 Å². The van der Waals surface area contributed by atoms with E-state index in [1.54, 1.807) is 30.2 Å². The Kier molecular flexibility index (Phi) is 3.30. The first-order valence-electron chi connectivity index (χ1n) is 6.78. The van der Waals surface area contributed by atoms with Crippen LogP contribution in [0.3, 0.4) is 0 Å². The van der Waals surface area contributed by atoms with Crippen molar-refractivity contribution in [3.63, 3.8) is 0 Å². The van der Waals surface area contributed by atoms with Crippen LogP contribution < -0.4 is 9.47 Å². The van der Waals surface area contributed by atoms with Crippen LogP contribution >= 0.6 is 0 Å². The van der Waals surface area contributed by atoms with E-state index in [4.69, 9.17) is 9.47 Å². The Hall–Kier alpha value is -2.11. The number of fused-ring (bicyclic) bond motifs is 1. The van der Waals surface area contributed by atoms with Gasteiger partial charge in [0.15, 0.2) is 0 Å². The number of likely N-dealkylation sites (tertiary alicyclic amines) is 1. The van der Waals surface area contributed by atoms with Crippen LogP contribution in [-0.4, -0.2) is 42.0 Å². The summed E-state index contributed by atoms with van der Waals surface area (Å²) in [5.41, 5.74) is 0.517. The molecule has 1 aromatic carbocycles. The van der Waals surface area contributed by atoms with E-state index in [9.17, 15) is 9.70 Å². The van der Waals surface area contributed by atoms with E-state index >= 15 is 0 Å². The van der Waals surface area contributed by atoms with Crippen LogP contribution in [0.15, 0.2) is 18.2 Å². The molecule has 1 amide bonds. The molecule has 3 rings (SSSR count). The fourth-order valence-electron chi connectivity index (χ4n) is 2.63. The van der Waals surface area contributed by atoms with E-state index in [2.05, 4.69) is 0 Å². The van der Waals surface area contributed by atoms with Gasteiger partial charge >= 0.3 is 11.9 Å². The summed E-state index contributed by atoms with van der Waals surface area (Å²) in [5, 5.41) is 0. The van der Waals surface area contributed by atoms with Crippen molar-refractivity contribution in [3.05, 3.63) is 23.1 Å². The Morgan fingerprint density at radius 1 is 1.50 bits per heavy atom. The normalized spacial score (nSPS) is 21.1. The van der Waals surface area contributed by atoms with E-state index in [1.165, 1.54) is 0 Å². The van der Waals surface area contributed by atoms with Crippen molar-refractivity contribution in [2.45, 2.75) is 25.5 Å². The standard InChI is InChI=1S/C14H17N2O4/c1-19-10-4-5-11-12(9-10)20-14(16(11)18)6-8-15-7-2-3-13(15)17/h4-5,9,14H,2-3,6-8H2,1H3/q+1. The van der Waals surface area contributed by atoms with Gasteiger partial charge in [0.2, 0.25) is 11.7 Å². The van der Waals surface area contributed by atoms with Crippen molar-refractivity contribution in [3.8, 4) is 11.5 Å². The molecule has 2 heterocycles. The minimum Gasteiger partial charge on any atom is -0.497 e. The third-order valence-corrected chi connectivity index (χ3v) is 3.75. The number of hydrogen-bond acceptors (Lipinski definition) is 4. The SMILES string of the molecule is COc1ccc2c(c1)OC(CCN1CCCC1=O)[N+]2=O. The summed E-state index contributed by atoms with van der Waals surface area (Å²) < 4.78 is 11.6. The highest BCUT2D eigenvalue weighted by Crippen LogP contribution is 2.38. The van der Waals surface area contributed by atoms with E-state index in [0.717, 1.165) is 17.7 Å². The number of benzene rings is 1. The highest BCUT2D eigenvalue weighted by Gasteiger charge is 2.41. The monoisotopic (exact) mass is 277 g/mol. The molecule has 1 atom stereocenters. The zero-order valence-electron chi connectivity index (χ0n) is 11.4. The van der Waals surface area contributed by atoms with Gasteiger partial charge in [-0.25, -0.2) is 0 Å². The Balaban J connectivity index is 1.65. The first kappa shape index (κ1) is 12.9. The maximum Gasteiger partial charge on any atom is 0.352 e. The number of hydrogen-bond donors (Lipinski definition) is 0. The first-order chi connectivity index (χ1) is 9.69. The second kappa shape index (κ2) is 5.11. The fraction of sp³-hybridized carbons (Fsp3) is 0.500. The number of rotatable bonds is 4. The molecule has 1 fully saturated rings. The molecule has 0 radical (unpaired) electrons. The van der Waals surface area contributed by atoms with Crippen molar-refractivity contribution >= 4 is 11.6 Å². The summed E-state index contributed by atoms with van der Waals surface area (Å²) in [6, 6.07) is 5.14. The molecule has 1 unspecified atom stereocenters. The highest BCUT2D eigenvalue weighted by atomic mass is 16.5. The van der Waals surface area contributed by atoms with Crippen molar-refractivity contribution in [2.75, 3.05) is 20.2 Å². The number of carbonyl (C=O) groups is 1. The molecule has 2 aliphatic heterocycles. The van der Waals surface area contributed by atoms with Crippen LogP contribution in [0.5, 0.6) is 11.5 Å². The topological polar surface area (TPSA) is 58.9 Å². The number of nitrogens with zero attached hydrogens (tertiary/aromatic N) is 2. The number of carbonyl (C=O) groups excluding carboxylic acids is 1. The molecular weight excluding hydrogens is 260 g/mol. The molecule has 1 saturated heterocycles. The quantitative estimate of drug-likeness (QED) is 0.788. The summed E-state index contributed by atoms with van der Waals surface area (Å²) >= 11 is 0. The third-order valence-electron chi connectivity index (χ3n) is 3.75. The Labute approximate surface area is 116 Å². The van der Waals surface area contributed by atoms with Gasteiger partial charge in [-0.3, -0.25) is 4.79 Å². The first-order valence-corrected chi connectivity index (χ1v) is 6.78. The molecule has 0 saturated carbocycles. The van der Waals surface area contributed by atoms with Gasteiger partial charge in [0, 0.05) is 36.6 Å². The second-order valence-electron chi connectivity index (χ2n) is 5.00. The van der Waals surface area contributed by atoms with Crippen LogP contribution in [0.2, 0.25) is 0 Å². The third kappa shape index (κ3) is 2.21. The summed E-state index contributed by atoms with van der Waals surface area (Å²) in [6.45, 7) is 1.35. The predicted molar refractivity (Wildman–Crippen MR) is 71.1 cm³/mol. The van der Waals surface area contributed by atoms with E-state index < -0.39 is 6.23 Å². The van der Waals surface area contributed by atoms with Gasteiger partial charge in [-0.2, -0.15) is 0 Å². The Morgan fingerprint density at radius 2 is 2.35 bits per heavy atom. The van der Waals surface area contributed by atoms with Gasteiger partial charge in [0.25, 0.3) is 0 Å². The zero-order valence-corrected chi connectivity index (χ0v) is 11.4. The number of amides is 1. The number of ether oxygens (including phenoxy) is 2. The average Bonchev–Trinajstić information content (AvgIpc) is 3.00. The van der Waals surface area contributed by atoms with Gasteiger partial charge in [0.05, 0.1) is 18.3 Å². The molecule has 106 valence electrons. The summed E-state index contributed by atoms with van der Waals surface area (Å²) in [7, 11) is 1.57. The van der Waals surface area contributed by atoms with Crippen molar-refractivity contribution in [1.82, 2.24) is 4.90 Å². The molecule has 6 heteroatoms. The molecular formula is C14H17N2O4+. The fourth-order valence-corrected chi connectivity index (χ4v) is 2.63. The van der Waals surface area contributed by atoms with Crippen LogP contribution in [0.25, 0.3) is 0 Å². The average molecular weight is 277 g/mol. The van der Waals surface area contributed by atoms with Crippen LogP contribution in [0, 0.1) is 4.91 Å². The number of nitroso groups, excluding NO2 is 1. The largest absolute Gasteiger partial charge is 0.497 e. The Bertz CT molecular complexity index is 558. The van der Waals surface area contributed by atoms with Crippen molar-refractivity contribution in [1.29, 1.82) is 0 Å². The van der Waals surface area contributed by atoms with Crippen molar-refractivity contribution in [2.24, 2.45) is 0 Å². The maximum atomic E-state index is 12.1. The lowest BCUT2D eigenvalue weighted by Crippen LogP contribution is -2.31. The van der Waals surface area contributed by atoms with E-state index in [0.29, 0.717) is 36.6 Å². The lowest BCUT2D eigenvalue weighted by molar-refractivity contribution is -0.529. The van der Waals surface area contributed by atoms with Gasteiger partial charge in [-0.15, -0.1) is 0 Å². The van der Waals surface area contributed by atoms with Crippen LogP contribution in [0.4, 0.5) is 5.69 Å².